The average Bonchev–Trinajstić information content (AvgIpc) is 2.52. The zero-order valence-electron chi connectivity index (χ0n) is 12.2. The quantitative estimate of drug-likeness (QED) is 0.476. The fourth-order valence-electron chi connectivity index (χ4n) is 2.18. The molecule has 1 atom stereocenters. The zero-order valence-corrected chi connectivity index (χ0v) is 13.0. The Balaban J connectivity index is 2.25. The van der Waals surface area contributed by atoms with Crippen molar-refractivity contribution in [3.8, 4) is 0 Å². The van der Waals surface area contributed by atoms with Gasteiger partial charge in [0.2, 0.25) is 5.43 Å². The number of hydrogen-bond donors (Lipinski definition) is 2. The maximum Gasteiger partial charge on any atom is 0.328 e. The van der Waals surface area contributed by atoms with Gasteiger partial charge < -0.3 is 10.1 Å². The Morgan fingerprint density at radius 3 is 2.59 bits per heavy atom. The van der Waals surface area contributed by atoms with Gasteiger partial charge in [-0.1, -0.05) is 42.5 Å². The molecule has 2 rings (SSSR count). The van der Waals surface area contributed by atoms with Gasteiger partial charge in [0.05, 0.1) is 7.11 Å². The van der Waals surface area contributed by atoms with E-state index in [2.05, 4.69) is 5.32 Å². The molecule has 0 saturated carbocycles. The summed E-state index contributed by atoms with van der Waals surface area (Å²) in [6.45, 7) is 0. The van der Waals surface area contributed by atoms with Crippen molar-refractivity contribution in [2.45, 2.75) is 12.5 Å². The van der Waals surface area contributed by atoms with Crippen molar-refractivity contribution in [3.63, 3.8) is 0 Å². The number of hydroxylamine groups is 1. The van der Waals surface area contributed by atoms with E-state index in [0.717, 1.165) is 10.6 Å². The lowest BCUT2D eigenvalue weighted by Crippen LogP contribution is -2.37. The molecular formula is C15H16N2O4S. The number of ether oxygens (including phenoxy) is 1. The normalized spacial score (nSPS) is 12.0. The van der Waals surface area contributed by atoms with Crippen molar-refractivity contribution in [1.82, 2.24) is 0 Å². The number of nitrogens with one attached hydrogen (secondary N) is 1. The molecule has 0 unspecified atom stereocenters. The Bertz CT molecular complexity index is 736. The van der Waals surface area contributed by atoms with Crippen LogP contribution in [0.25, 0.3) is 0 Å². The fraction of sp³-hybridized carbons (Fsp3) is 0.267. The molecule has 116 valence electrons. The first-order valence-electron chi connectivity index (χ1n) is 6.60. The number of anilines is 2. The highest BCUT2D eigenvalue weighted by Crippen LogP contribution is 2.26. The molecule has 6 nitrogen and oxygen atoms in total. The van der Waals surface area contributed by atoms with Crippen molar-refractivity contribution < 1.29 is 14.7 Å². The van der Waals surface area contributed by atoms with E-state index in [1.54, 1.807) is 0 Å². The highest BCUT2D eigenvalue weighted by Gasteiger charge is 2.27. The number of carbonyl (C=O) groups excluding carboxylic acids is 1. The summed E-state index contributed by atoms with van der Waals surface area (Å²) in [6, 6.07) is 8.60. The first-order chi connectivity index (χ1) is 10.5. The number of benzene rings is 1. The minimum atomic E-state index is -0.746. The molecule has 2 aromatic rings. The number of carbonyl (C=O) groups is 1. The van der Waals surface area contributed by atoms with E-state index in [0.29, 0.717) is 6.42 Å². The van der Waals surface area contributed by atoms with Gasteiger partial charge in [-0.25, -0.2) is 4.79 Å². The molecule has 0 spiro atoms. The van der Waals surface area contributed by atoms with Crippen LogP contribution in [0.1, 0.15) is 5.56 Å². The largest absolute Gasteiger partial charge is 0.467 e. The minimum absolute atomic E-state index is 0.0378. The minimum Gasteiger partial charge on any atom is -0.467 e. The smallest absolute Gasteiger partial charge is 0.328 e. The van der Waals surface area contributed by atoms with Gasteiger partial charge in [-0.05, 0) is 5.56 Å². The molecule has 0 aromatic heterocycles. The average molecular weight is 320 g/mol. The molecule has 0 bridgehead atoms. The summed E-state index contributed by atoms with van der Waals surface area (Å²) in [5.41, 5.74) is 0.857. The van der Waals surface area contributed by atoms with E-state index in [-0.39, 0.29) is 15.9 Å². The van der Waals surface area contributed by atoms with Crippen LogP contribution in [0.5, 0.6) is 0 Å². The monoisotopic (exact) mass is 320 g/mol. The predicted octanol–water partition coefficient (Wildman–Crippen LogP) is 1.67. The fourth-order valence-corrected chi connectivity index (χ4v) is 2.52. The van der Waals surface area contributed by atoms with Gasteiger partial charge >= 0.3 is 5.97 Å². The molecule has 22 heavy (non-hydrogen) atoms. The zero-order chi connectivity index (χ0) is 16.3. The maximum atomic E-state index is 11.9. The molecule has 0 fully saturated rings. The first kappa shape index (κ1) is 16.1. The van der Waals surface area contributed by atoms with Crippen LogP contribution in [0.4, 0.5) is 11.4 Å². The second-order valence-corrected chi connectivity index (χ2v) is 5.22. The summed E-state index contributed by atoms with van der Waals surface area (Å²) >= 11 is 4.89. The van der Waals surface area contributed by atoms with Gasteiger partial charge in [0, 0.05) is 13.5 Å². The van der Waals surface area contributed by atoms with Crippen LogP contribution in [-0.4, -0.2) is 31.4 Å². The maximum absolute atomic E-state index is 11.9. The number of nitrogens with zero attached hydrogens (tertiary/aromatic N) is 1. The van der Waals surface area contributed by atoms with Gasteiger partial charge in [0.1, 0.15) is 21.9 Å². The molecule has 0 saturated heterocycles. The van der Waals surface area contributed by atoms with E-state index in [9.17, 15) is 14.8 Å². The molecular weight excluding hydrogens is 304 g/mol. The number of hydrogen-bond acceptors (Lipinski definition) is 7. The summed E-state index contributed by atoms with van der Waals surface area (Å²) in [4.78, 5) is 23.8. The van der Waals surface area contributed by atoms with Crippen LogP contribution >= 0.6 is 12.2 Å². The van der Waals surface area contributed by atoms with Crippen LogP contribution < -0.4 is 15.8 Å². The second-order valence-electron chi connectivity index (χ2n) is 4.82. The van der Waals surface area contributed by atoms with Crippen LogP contribution in [0.2, 0.25) is 0 Å². The molecule has 0 aliphatic carbocycles. The summed E-state index contributed by atoms with van der Waals surface area (Å²) < 4.78 is 4.81. The number of esters is 1. The Morgan fingerprint density at radius 1 is 1.41 bits per heavy atom. The summed E-state index contributed by atoms with van der Waals surface area (Å²) in [5.74, 6) is -0.498. The third-order valence-electron chi connectivity index (χ3n) is 3.30. The lowest BCUT2D eigenvalue weighted by atomic mass is 10.0. The van der Waals surface area contributed by atoms with Gasteiger partial charge in [-0.3, -0.25) is 15.1 Å². The standard InChI is InChI=1S/C15H16N2O4S/c1-17(20)12-11(13(18)14(12)22)16-10(15(19)21-2)8-9-6-4-3-5-7-9/h3-7,10,16,20H,8H2,1-2H3/t10-/m0/s1. The first-order valence-corrected chi connectivity index (χ1v) is 7.00. The number of rotatable bonds is 6. The number of methoxy groups -OCH3 is 1. The van der Waals surface area contributed by atoms with Gasteiger partial charge in [0.15, 0.2) is 0 Å². The van der Waals surface area contributed by atoms with Crippen molar-refractivity contribution in [2.75, 3.05) is 24.5 Å². The third-order valence-corrected chi connectivity index (χ3v) is 3.67. The topological polar surface area (TPSA) is 78.9 Å². The summed E-state index contributed by atoms with van der Waals surface area (Å²) in [7, 11) is 2.64. The molecule has 0 heterocycles. The van der Waals surface area contributed by atoms with Crippen molar-refractivity contribution in [1.29, 1.82) is 0 Å². The third kappa shape index (κ3) is 3.15. The Labute approximate surface area is 132 Å². The molecule has 0 aliphatic heterocycles. The highest BCUT2D eigenvalue weighted by atomic mass is 32.1. The van der Waals surface area contributed by atoms with E-state index < -0.39 is 17.4 Å². The van der Waals surface area contributed by atoms with Crippen molar-refractivity contribution >= 4 is 29.6 Å². The molecule has 2 N–H and O–H groups in total. The molecule has 7 heteroatoms. The molecule has 0 amide bonds. The predicted molar refractivity (Wildman–Crippen MR) is 85.7 cm³/mol. The van der Waals surface area contributed by atoms with Crippen molar-refractivity contribution in [2.24, 2.45) is 0 Å². The highest BCUT2D eigenvalue weighted by molar-refractivity contribution is 7.71. The van der Waals surface area contributed by atoms with E-state index in [1.165, 1.54) is 14.2 Å². The van der Waals surface area contributed by atoms with Gasteiger partial charge in [-0.15, -0.1) is 0 Å². The summed E-state index contributed by atoms with van der Waals surface area (Å²) in [5, 5.41) is 13.1. The van der Waals surface area contributed by atoms with Gasteiger partial charge in [-0.2, -0.15) is 0 Å². The van der Waals surface area contributed by atoms with Crippen LogP contribution in [0, 0.1) is 4.51 Å². The van der Waals surface area contributed by atoms with E-state index in [1.807, 2.05) is 30.3 Å². The van der Waals surface area contributed by atoms with E-state index >= 15 is 0 Å². The Kier molecular flexibility index (Phi) is 4.89. The van der Waals surface area contributed by atoms with Crippen molar-refractivity contribution in [3.05, 3.63) is 50.6 Å². The lowest BCUT2D eigenvalue weighted by Gasteiger charge is -2.23. The summed E-state index contributed by atoms with van der Waals surface area (Å²) in [6.07, 6.45) is 0.347. The lowest BCUT2D eigenvalue weighted by molar-refractivity contribution is -0.141. The molecule has 0 radical (unpaired) electrons. The Morgan fingerprint density at radius 2 is 2.05 bits per heavy atom. The molecule has 2 aromatic carbocycles. The van der Waals surface area contributed by atoms with Gasteiger partial charge in [0.25, 0.3) is 0 Å². The van der Waals surface area contributed by atoms with Crippen LogP contribution in [-0.2, 0) is 16.0 Å². The Hall–Kier alpha value is -2.25. The van der Waals surface area contributed by atoms with Crippen LogP contribution in [0.3, 0.4) is 0 Å². The SMILES string of the molecule is COC(=O)[C@H](Cc1ccccc1)Nc1c(N(C)O)c(=S)c1=O. The van der Waals surface area contributed by atoms with E-state index in [4.69, 9.17) is 17.0 Å². The second kappa shape index (κ2) is 6.67. The van der Waals surface area contributed by atoms with Crippen LogP contribution in [0.15, 0.2) is 35.1 Å². The molecule has 0 aliphatic rings.